The van der Waals surface area contributed by atoms with E-state index in [4.69, 9.17) is 27.9 Å². The monoisotopic (exact) mass is 438 g/mol. The number of nitrogens with zero attached hydrogens (tertiary/aromatic N) is 2. The van der Waals surface area contributed by atoms with Crippen molar-refractivity contribution in [2.45, 2.75) is 13.1 Å². The Kier molecular flexibility index (Phi) is 12.3. The van der Waals surface area contributed by atoms with Gasteiger partial charge in [-0.3, -0.25) is 4.90 Å². The minimum atomic E-state index is 0. The second kappa shape index (κ2) is 12.7. The van der Waals surface area contributed by atoms with Crippen molar-refractivity contribution in [3.8, 4) is 5.75 Å². The van der Waals surface area contributed by atoms with Crippen molar-refractivity contribution in [3.63, 3.8) is 0 Å². The number of ether oxygens (including phenoxy) is 1. The fourth-order valence-corrected chi connectivity index (χ4v) is 2.79. The van der Waals surface area contributed by atoms with Crippen molar-refractivity contribution >= 4 is 48.0 Å². The van der Waals surface area contributed by atoms with Gasteiger partial charge in [-0.15, -0.1) is 24.8 Å². The van der Waals surface area contributed by atoms with Gasteiger partial charge in [0.1, 0.15) is 12.4 Å². The molecule has 0 N–H and O–H groups in total. The van der Waals surface area contributed by atoms with Crippen LogP contribution in [0.15, 0.2) is 42.5 Å². The second-order valence-corrected chi connectivity index (χ2v) is 7.00. The maximum atomic E-state index is 6.14. The van der Waals surface area contributed by atoms with Gasteiger partial charge in [0, 0.05) is 31.3 Å². The highest BCUT2D eigenvalue weighted by Gasteiger charge is 2.10. The fourth-order valence-electron chi connectivity index (χ4n) is 2.45. The normalized spacial score (nSPS) is 10.4. The molecule has 0 aromatic heterocycles. The van der Waals surface area contributed by atoms with E-state index in [0.29, 0.717) is 16.7 Å². The summed E-state index contributed by atoms with van der Waals surface area (Å²) in [5.74, 6) is 0.797. The molecular formula is C19H26Cl4N2O. The van der Waals surface area contributed by atoms with E-state index in [0.717, 1.165) is 30.9 Å². The fraction of sp³-hybridized carbons (Fsp3) is 0.368. The molecule has 0 amide bonds. The summed E-state index contributed by atoms with van der Waals surface area (Å²) < 4.78 is 5.97. The molecule has 0 aliphatic heterocycles. The summed E-state index contributed by atoms with van der Waals surface area (Å²) >= 11 is 12.3. The molecule has 0 unspecified atom stereocenters. The van der Waals surface area contributed by atoms with E-state index in [1.807, 2.05) is 26.2 Å². The molecule has 146 valence electrons. The Balaban J connectivity index is 0.00000312. The van der Waals surface area contributed by atoms with E-state index in [1.54, 1.807) is 6.07 Å². The lowest BCUT2D eigenvalue weighted by molar-refractivity contribution is 0.229. The van der Waals surface area contributed by atoms with Crippen LogP contribution in [0.2, 0.25) is 10.0 Å². The third-order valence-electron chi connectivity index (χ3n) is 3.62. The van der Waals surface area contributed by atoms with Crippen molar-refractivity contribution < 1.29 is 4.74 Å². The Labute approximate surface area is 179 Å². The van der Waals surface area contributed by atoms with Crippen LogP contribution < -0.4 is 4.74 Å². The third kappa shape index (κ3) is 8.34. The molecule has 2 aromatic rings. The summed E-state index contributed by atoms with van der Waals surface area (Å²) in [5.41, 5.74) is 2.34. The van der Waals surface area contributed by atoms with Gasteiger partial charge >= 0.3 is 0 Å². The largest absolute Gasteiger partial charge is 0.492 e. The number of rotatable bonds is 8. The standard InChI is InChI=1S/C19H24Cl2N2O.2ClH/c1-22(2)14-16-11-17(20)18(21)12-19(16)24-10-9-23(3)13-15-7-5-4-6-8-15;;/h4-8,11-12H,9-10,13-14H2,1-3H3;2*1H. The molecule has 0 atom stereocenters. The number of likely N-dealkylation sites (N-methyl/N-ethyl adjacent to an activating group) is 1. The molecule has 0 aliphatic carbocycles. The van der Waals surface area contributed by atoms with E-state index in [1.165, 1.54) is 5.56 Å². The Hall–Kier alpha value is -0.680. The van der Waals surface area contributed by atoms with Gasteiger partial charge in [-0.1, -0.05) is 53.5 Å². The van der Waals surface area contributed by atoms with Gasteiger partial charge in [-0.2, -0.15) is 0 Å². The first-order chi connectivity index (χ1) is 11.5. The highest BCUT2D eigenvalue weighted by atomic mass is 35.5. The number of halogens is 4. The molecule has 0 bridgehead atoms. The molecule has 0 spiro atoms. The van der Waals surface area contributed by atoms with Crippen LogP contribution in [0, 0.1) is 0 Å². The van der Waals surface area contributed by atoms with Gasteiger partial charge in [-0.05, 0) is 32.8 Å². The van der Waals surface area contributed by atoms with E-state index >= 15 is 0 Å². The zero-order chi connectivity index (χ0) is 17.5. The lowest BCUT2D eigenvalue weighted by Gasteiger charge is -2.19. The summed E-state index contributed by atoms with van der Waals surface area (Å²) in [5, 5.41) is 1.08. The summed E-state index contributed by atoms with van der Waals surface area (Å²) in [6.07, 6.45) is 0. The molecule has 0 heterocycles. The van der Waals surface area contributed by atoms with Crippen LogP contribution >= 0.6 is 48.0 Å². The smallest absolute Gasteiger partial charge is 0.125 e. The minimum absolute atomic E-state index is 0. The van der Waals surface area contributed by atoms with Crippen LogP contribution in [-0.4, -0.2) is 44.1 Å². The highest BCUT2D eigenvalue weighted by Crippen LogP contribution is 2.31. The topological polar surface area (TPSA) is 15.7 Å². The van der Waals surface area contributed by atoms with Gasteiger partial charge in [0.05, 0.1) is 10.0 Å². The SMILES string of the molecule is CN(C)Cc1cc(Cl)c(Cl)cc1OCCN(C)Cc1ccccc1.Cl.Cl. The third-order valence-corrected chi connectivity index (χ3v) is 4.34. The number of hydrogen-bond donors (Lipinski definition) is 0. The molecule has 0 fully saturated rings. The zero-order valence-electron chi connectivity index (χ0n) is 15.2. The predicted molar refractivity (Wildman–Crippen MR) is 117 cm³/mol. The molecule has 7 heteroatoms. The van der Waals surface area contributed by atoms with Crippen molar-refractivity contribution in [1.82, 2.24) is 9.80 Å². The lowest BCUT2D eigenvalue weighted by Crippen LogP contribution is -2.24. The molecule has 3 nitrogen and oxygen atoms in total. The number of hydrogen-bond acceptors (Lipinski definition) is 3. The van der Waals surface area contributed by atoms with Crippen LogP contribution in [0.3, 0.4) is 0 Å². The maximum Gasteiger partial charge on any atom is 0.125 e. The highest BCUT2D eigenvalue weighted by molar-refractivity contribution is 6.42. The van der Waals surface area contributed by atoms with Crippen LogP contribution in [0.4, 0.5) is 0 Å². The first-order valence-electron chi connectivity index (χ1n) is 7.93. The minimum Gasteiger partial charge on any atom is -0.492 e. The van der Waals surface area contributed by atoms with Gasteiger partial charge in [0.15, 0.2) is 0 Å². The molecule has 0 aliphatic rings. The van der Waals surface area contributed by atoms with Gasteiger partial charge in [-0.25, -0.2) is 0 Å². The molecule has 0 radical (unpaired) electrons. The first kappa shape index (κ1) is 25.3. The molecule has 0 saturated heterocycles. The summed E-state index contributed by atoms with van der Waals surface area (Å²) in [6.45, 7) is 3.08. The molecule has 2 aromatic carbocycles. The average molecular weight is 440 g/mol. The first-order valence-corrected chi connectivity index (χ1v) is 8.69. The Bertz CT molecular complexity index is 653. The van der Waals surface area contributed by atoms with E-state index < -0.39 is 0 Å². The lowest BCUT2D eigenvalue weighted by atomic mass is 10.2. The molecule has 0 saturated carbocycles. The van der Waals surface area contributed by atoms with Gasteiger partial charge in [0.2, 0.25) is 0 Å². The maximum absolute atomic E-state index is 6.14. The van der Waals surface area contributed by atoms with Crippen molar-refractivity contribution in [2.75, 3.05) is 34.3 Å². The van der Waals surface area contributed by atoms with Gasteiger partial charge in [0.25, 0.3) is 0 Å². The quantitative estimate of drug-likeness (QED) is 0.546. The van der Waals surface area contributed by atoms with E-state index in [9.17, 15) is 0 Å². The van der Waals surface area contributed by atoms with Crippen molar-refractivity contribution in [1.29, 1.82) is 0 Å². The molecule has 26 heavy (non-hydrogen) atoms. The predicted octanol–water partition coefficient (Wildman–Crippen LogP) is 5.41. The zero-order valence-corrected chi connectivity index (χ0v) is 18.4. The van der Waals surface area contributed by atoms with Gasteiger partial charge < -0.3 is 9.64 Å². The van der Waals surface area contributed by atoms with Crippen LogP contribution in [0.25, 0.3) is 0 Å². The van der Waals surface area contributed by atoms with Crippen molar-refractivity contribution in [3.05, 3.63) is 63.6 Å². The van der Waals surface area contributed by atoms with E-state index in [2.05, 4.69) is 41.1 Å². The summed E-state index contributed by atoms with van der Waals surface area (Å²) in [4.78, 5) is 4.31. The van der Waals surface area contributed by atoms with Crippen LogP contribution in [-0.2, 0) is 13.1 Å². The van der Waals surface area contributed by atoms with E-state index in [-0.39, 0.29) is 24.8 Å². The second-order valence-electron chi connectivity index (χ2n) is 6.18. The molecule has 2 rings (SSSR count). The summed E-state index contributed by atoms with van der Waals surface area (Å²) in [7, 11) is 6.12. The Morgan fingerprint density at radius 3 is 2.12 bits per heavy atom. The molecular weight excluding hydrogens is 414 g/mol. The van der Waals surface area contributed by atoms with Crippen LogP contribution in [0.5, 0.6) is 5.75 Å². The van der Waals surface area contributed by atoms with Crippen molar-refractivity contribution in [2.24, 2.45) is 0 Å². The van der Waals surface area contributed by atoms with Crippen LogP contribution in [0.1, 0.15) is 11.1 Å². The Morgan fingerprint density at radius 2 is 1.50 bits per heavy atom. The summed E-state index contributed by atoms with van der Waals surface area (Å²) in [6, 6.07) is 14.1. The Morgan fingerprint density at radius 1 is 0.885 bits per heavy atom. The number of benzene rings is 2. The average Bonchev–Trinajstić information content (AvgIpc) is 2.52.